The van der Waals surface area contributed by atoms with Crippen molar-refractivity contribution in [3.8, 4) is 5.69 Å². The van der Waals surface area contributed by atoms with E-state index in [0.717, 1.165) is 81.0 Å². The number of rotatable bonds is 3. The van der Waals surface area contributed by atoms with Crippen molar-refractivity contribution in [2.75, 3.05) is 31.2 Å². The Morgan fingerprint density at radius 1 is 1.06 bits per heavy atom. The average Bonchev–Trinajstić information content (AvgIpc) is 3.45. The molecule has 1 spiro atoms. The first-order valence-corrected chi connectivity index (χ1v) is 13.0. The summed E-state index contributed by atoms with van der Waals surface area (Å²) in [6, 6.07) is 9.37. The van der Waals surface area contributed by atoms with Gasteiger partial charge in [0.1, 0.15) is 11.6 Å². The summed E-state index contributed by atoms with van der Waals surface area (Å²) in [5, 5.41) is 10.1. The predicted octanol–water partition coefficient (Wildman–Crippen LogP) is 5.00. The van der Waals surface area contributed by atoms with Crippen molar-refractivity contribution in [2.45, 2.75) is 51.2 Å². The molecule has 3 aliphatic heterocycles. The van der Waals surface area contributed by atoms with E-state index < -0.39 is 11.6 Å². The van der Waals surface area contributed by atoms with E-state index in [0.29, 0.717) is 17.6 Å². The Morgan fingerprint density at radius 2 is 1.86 bits per heavy atom. The quantitative estimate of drug-likeness (QED) is 0.495. The lowest BCUT2D eigenvalue weighted by Gasteiger charge is -2.59. The molecule has 1 saturated carbocycles. The van der Waals surface area contributed by atoms with E-state index in [1.165, 1.54) is 18.6 Å². The fourth-order valence-electron chi connectivity index (χ4n) is 6.63. The van der Waals surface area contributed by atoms with E-state index in [-0.39, 0.29) is 11.0 Å². The summed E-state index contributed by atoms with van der Waals surface area (Å²) < 4.78 is 36.2. The summed E-state index contributed by atoms with van der Waals surface area (Å²) in [5.74, 6) is 1.32. The maximum Gasteiger partial charge on any atom is 0.152 e. The Morgan fingerprint density at radius 3 is 2.64 bits per heavy atom. The third kappa shape index (κ3) is 3.49. The number of hydrogen-bond acceptors (Lipinski definition) is 5. The van der Waals surface area contributed by atoms with Gasteiger partial charge in [-0.2, -0.15) is 0 Å². The molecule has 0 unspecified atom stereocenters. The average molecular weight is 512 g/mol. The van der Waals surface area contributed by atoms with Crippen molar-refractivity contribution in [2.24, 2.45) is 5.41 Å². The van der Waals surface area contributed by atoms with Gasteiger partial charge in [0, 0.05) is 54.2 Å². The molecule has 7 rings (SSSR count). The van der Waals surface area contributed by atoms with E-state index in [1.807, 2.05) is 11.0 Å². The minimum atomic E-state index is -0.497. The van der Waals surface area contributed by atoms with Gasteiger partial charge < -0.3 is 9.64 Å². The van der Waals surface area contributed by atoms with Gasteiger partial charge in [-0.25, -0.2) is 8.78 Å². The standard InChI is InChI=1S/C27H28ClF2N5O/c1-16-21(29)3-5-23(25(16)30)34-14-27(15-34)9-18(10-27)26-32-31-24-12-33(20-6-7-36-13-20)11-17-8-19(28)2-4-22(17)35(24)26/h2-5,8,18,20H,6-7,9-15H2,1H3/t20-/m1/s1. The molecular weight excluding hydrogens is 484 g/mol. The Bertz CT molecular complexity index is 1340. The number of aromatic nitrogens is 3. The summed E-state index contributed by atoms with van der Waals surface area (Å²) in [6.07, 6.45) is 3.01. The van der Waals surface area contributed by atoms with Crippen LogP contribution >= 0.6 is 11.6 Å². The molecule has 1 aliphatic carbocycles. The molecule has 9 heteroatoms. The molecule has 6 nitrogen and oxygen atoms in total. The van der Waals surface area contributed by atoms with Gasteiger partial charge in [0.25, 0.3) is 0 Å². The monoisotopic (exact) mass is 511 g/mol. The summed E-state index contributed by atoms with van der Waals surface area (Å²) in [7, 11) is 0. The SMILES string of the molecule is Cc1c(F)ccc(N2CC3(CC(c4nnc5n4-c4ccc(Cl)cc4CN([C@@H]4CCOC4)C5)C3)C2)c1F. The molecule has 4 aliphatic rings. The first-order valence-electron chi connectivity index (χ1n) is 12.7. The smallest absolute Gasteiger partial charge is 0.152 e. The van der Waals surface area contributed by atoms with Crippen LogP contribution in [0.2, 0.25) is 5.02 Å². The number of nitrogens with zero attached hydrogens (tertiary/aromatic N) is 5. The molecule has 4 heterocycles. The molecule has 0 N–H and O–H groups in total. The second kappa shape index (κ2) is 8.23. The normalized spacial score (nSPS) is 23.2. The largest absolute Gasteiger partial charge is 0.380 e. The fraction of sp³-hybridized carbons (Fsp3) is 0.481. The maximum atomic E-state index is 14.6. The molecule has 3 aromatic rings. The molecule has 2 aromatic carbocycles. The van der Waals surface area contributed by atoms with Crippen molar-refractivity contribution >= 4 is 17.3 Å². The zero-order valence-electron chi connectivity index (χ0n) is 20.2. The predicted molar refractivity (Wildman–Crippen MR) is 133 cm³/mol. The van der Waals surface area contributed by atoms with Crippen molar-refractivity contribution in [3.63, 3.8) is 0 Å². The lowest BCUT2D eigenvalue weighted by Crippen LogP contribution is -2.62. The van der Waals surface area contributed by atoms with Crippen LogP contribution < -0.4 is 4.90 Å². The highest BCUT2D eigenvalue weighted by Gasteiger charge is 2.54. The molecule has 36 heavy (non-hydrogen) atoms. The van der Waals surface area contributed by atoms with Gasteiger partial charge >= 0.3 is 0 Å². The van der Waals surface area contributed by atoms with E-state index in [2.05, 4.69) is 31.8 Å². The van der Waals surface area contributed by atoms with Crippen molar-refractivity contribution in [3.05, 3.63) is 69.8 Å². The highest BCUT2D eigenvalue weighted by molar-refractivity contribution is 6.30. The molecule has 1 atom stereocenters. The zero-order chi connectivity index (χ0) is 24.6. The second-order valence-corrected chi connectivity index (χ2v) is 11.4. The van der Waals surface area contributed by atoms with Crippen LogP contribution in [0.3, 0.4) is 0 Å². The molecule has 2 saturated heterocycles. The van der Waals surface area contributed by atoms with Gasteiger partial charge in [0.2, 0.25) is 0 Å². The topological polar surface area (TPSA) is 46.4 Å². The number of hydrogen-bond donors (Lipinski definition) is 0. The van der Waals surface area contributed by atoms with Gasteiger partial charge in [-0.05, 0) is 62.1 Å². The van der Waals surface area contributed by atoms with Crippen molar-refractivity contribution in [1.82, 2.24) is 19.7 Å². The number of ether oxygens (including phenoxy) is 1. The number of benzene rings is 2. The molecule has 3 fully saturated rings. The van der Waals surface area contributed by atoms with Crippen molar-refractivity contribution < 1.29 is 13.5 Å². The number of halogens is 3. The van der Waals surface area contributed by atoms with Gasteiger partial charge in [-0.15, -0.1) is 10.2 Å². The van der Waals surface area contributed by atoms with Crippen LogP contribution in [0, 0.1) is 24.0 Å². The maximum absolute atomic E-state index is 14.6. The van der Waals surface area contributed by atoms with Crippen LogP contribution in [0.5, 0.6) is 0 Å². The first-order chi connectivity index (χ1) is 17.4. The summed E-state index contributed by atoms with van der Waals surface area (Å²) in [6.45, 7) is 6.13. The van der Waals surface area contributed by atoms with E-state index in [1.54, 1.807) is 6.07 Å². The van der Waals surface area contributed by atoms with Crippen LogP contribution in [0.25, 0.3) is 5.69 Å². The molecule has 0 radical (unpaired) electrons. The third-order valence-electron chi connectivity index (χ3n) is 8.59. The fourth-order valence-corrected chi connectivity index (χ4v) is 6.83. The van der Waals surface area contributed by atoms with Crippen LogP contribution in [-0.2, 0) is 17.8 Å². The van der Waals surface area contributed by atoms with E-state index >= 15 is 0 Å². The minimum Gasteiger partial charge on any atom is -0.380 e. The number of anilines is 1. The third-order valence-corrected chi connectivity index (χ3v) is 8.83. The zero-order valence-corrected chi connectivity index (χ0v) is 20.9. The van der Waals surface area contributed by atoms with Crippen molar-refractivity contribution in [1.29, 1.82) is 0 Å². The second-order valence-electron chi connectivity index (χ2n) is 11.0. The Labute approximate surface area is 213 Å². The van der Waals surface area contributed by atoms with Crippen LogP contribution in [0.15, 0.2) is 30.3 Å². The summed E-state index contributed by atoms with van der Waals surface area (Å²) in [4.78, 5) is 4.46. The van der Waals surface area contributed by atoms with Gasteiger partial charge in [0.15, 0.2) is 11.6 Å². The van der Waals surface area contributed by atoms with E-state index in [4.69, 9.17) is 16.3 Å². The molecule has 0 bridgehead atoms. The molecule has 0 amide bonds. The van der Waals surface area contributed by atoms with Gasteiger partial charge in [-0.3, -0.25) is 9.47 Å². The minimum absolute atomic E-state index is 0.0862. The van der Waals surface area contributed by atoms with Crippen LogP contribution in [0.1, 0.15) is 48.0 Å². The van der Waals surface area contributed by atoms with E-state index in [9.17, 15) is 8.78 Å². The number of fused-ring (bicyclic) bond motifs is 3. The highest BCUT2D eigenvalue weighted by Crippen LogP contribution is 2.57. The Balaban J connectivity index is 1.13. The summed E-state index contributed by atoms with van der Waals surface area (Å²) in [5.41, 5.74) is 3.03. The Kier molecular flexibility index (Phi) is 5.17. The molecule has 1 aromatic heterocycles. The lowest BCUT2D eigenvalue weighted by molar-refractivity contribution is 0.0582. The van der Waals surface area contributed by atoms with Crippen LogP contribution in [0.4, 0.5) is 14.5 Å². The Hall–Kier alpha value is -2.55. The summed E-state index contributed by atoms with van der Waals surface area (Å²) >= 11 is 6.40. The van der Waals surface area contributed by atoms with Gasteiger partial charge in [-0.1, -0.05) is 11.6 Å². The van der Waals surface area contributed by atoms with Crippen LogP contribution in [-0.4, -0.2) is 52.0 Å². The first kappa shape index (κ1) is 22.6. The highest BCUT2D eigenvalue weighted by atomic mass is 35.5. The van der Waals surface area contributed by atoms with Gasteiger partial charge in [0.05, 0.1) is 24.5 Å². The molecular formula is C27H28ClF2N5O. The molecule has 188 valence electrons. The lowest BCUT2D eigenvalue weighted by atomic mass is 9.57.